The van der Waals surface area contributed by atoms with Crippen molar-refractivity contribution in [1.82, 2.24) is 24.8 Å². The number of methoxy groups -OCH3 is 1. The highest BCUT2D eigenvalue weighted by molar-refractivity contribution is 5.86. The lowest BCUT2D eigenvalue weighted by atomic mass is 10.3. The molecule has 0 spiro atoms. The van der Waals surface area contributed by atoms with Gasteiger partial charge in [0.05, 0.1) is 25.0 Å². The van der Waals surface area contributed by atoms with Gasteiger partial charge in [0, 0.05) is 25.4 Å². The fourth-order valence-corrected chi connectivity index (χ4v) is 1.74. The SMILES string of the molecule is CCn1cc(Cn2nnc(C(=O)O)c2COC)cn1. The molecule has 0 atom stereocenters. The molecule has 2 aromatic rings. The van der Waals surface area contributed by atoms with E-state index in [1.54, 1.807) is 10.9 Å². The topological polar surface area (TPSA) is 95.1 Å². The van der Waals surface area contributed by atoms with Crippen LogP contribution in [0.2, 0.25) is 0 Å². The van der Waals surface area contributed by atoms with Gasteiger partial charge in [0.2, 0.25) is 0 Å². The van der Waals surface area contributed by atoms with E-state index in [4.69, 9.17) is 9.84 Å². The van der Waals surface area contributed by atoms with Gasteiger partial charge in [-0.05, 0) is 6.92 Å². The van der Waals surface area contributed by atoms with Crippen LogP contribution in [-0.4, -0.2) is 43.0 Å². The maximum Gasteiger partial charge on any atom is 0.358 e. The van der Waals surface area contributed by atoms with Crippen molar-refractivity contribution < 1.29 is 14.6 Å². The second-order valence-corrected chi connectivity index (χ2v) is 3.98. The van der Waals surface area contributed by atoms with Crippen molar-refractivity contribution in [2.45, 2.75) is 26.6 Å². The molecule has 8 heteroatoms. The molecule has 0 radical (unpaired) electrons. The summed E-state index contributed by atoms with van der Waals surface area (Å²) in [5.41, 5.74) is 1.30. The van der Waals surface area contributed by atoms with Gasteiger partial charge in [0.15, 0.2) is 5.69 Å². The van der Waals surface area contributed by atoms with Gasteiger partial charge in [0.25, 0.3) is 0 Å². The summed E-state index contributed by atoms with van der Waals surface area (Å²) in [5.74, 6) is -1.11. The Morgan fingerprint density at radius 3 is 2.89 bits per heavy atom. The summed E-state index contributed by atoms with van der Waals surface area (Å²) in [4.78, 5) is 11.0. The molecule has 19 heavy (non-hydrogen) atoms. The third kappa shape index (κ3) is 2.79. The van der Waals surface area contributed by atoms with Crippen molar-refractivity contribution in [1.29, 1.82) is 0 Å². The van der Waals surface area contributed by atoms with Crippen LogP contribution >= 0.6 is 0 Å². The quantitative estimate of drug-likeness (QED) is 0.811. The maximum atomic E-state index is 11.0. The molecule has 0 aliphatic carbocycles. The summed E-state index contributed by atoms with van der Waals surface area (Å²) >= 11 is 0. The fourth-order valence-electron chi connectivity index (χ4n) is 1.74. The first-order valence-electron chi connectivity index (χ1n) is 5.81. The van der Waals surface area contributed by atoms with Gasteiger partial charge in [-0.25, -0.2) is 9.48 Å². The Labute approximate surface area is 109 Å². The summed E-state index contributed by atoms with van der Waals surface area (Å²) in [5, 5.41) is 20.7. The van der Waals surface area contributed by atoms with Crippen molar-refractivity contribution in [2.24, 2.45) is 0 Å². The Hall–Kier alpha value is -2.22. The smallest absolute Gasteiger partial charge is 0.358 e. The average Bonchev–Trinajstić information content (AvgIpc) is 2.98. The molecule has 0 aliphatic rings. The Morgan fingerprint density at radius 2 is 2.32 bits per heavy atom. The minimum Gasteiger partial charge on any atom is -0.476 e. The Morgan fingerprint density at radius 1 is 1.53 bits per heavy atom. The minimum atomic E-state index is -1.11. The second-order valence-electron chi connectivity index (χ2n) is 3.98. The van der Waals surface area contributed by atoms with Gasteiger partial charge in [-0.1, -0.05) is 5.21 Å². The lowest BCUT2D eigenvalue weighted by molar-refractivity contribution is 0.0684. The molecule has 0 fully saturated rings. The zero-order chi connectivity index (χ0) is 13.8. The van der Waals surface area contributed by atoms with E-state index in [0.717, 1.165) is 12.1 Å². The molecule has 1 N–H and O–H groups in total. The average molecular weight is 265 g/mol. The molecule has 0 bridgehead atoms. The van der Waals surface area contributed by atoms with Crippen LogP contribution in [0.4, 0.5) is 0 Å². The molecular formula is C11H15N5O3. The second kappa shape index (κ2) is 5.61. The first-order chi connectivity index (χ1) is 9.15. The number of hydrogen-bond acceptors (Lipinski definition) is 5. The maximum absolute atomic E-state index is 11.0. The fraction of sp³-hybridized carbons (Fsp3) is 0.455. The van der Waals surface area contributed by atoms with Crippen molar-refractivity contribution in [2.75, 3.05) is 7.11 Å². The van der Waals surface area contributed by atoms with Crippen molar-refractivity contribution in [3.63, 3.8) is 0 Å². The summed E-state index contributed by atoms with van der Waals surface area (Å²) in [6.07, 6.45) is 3.61. The minimum absolute atomic E-state index is 0.0790. The predicted octanol–water partition coefficient (Wildman–Crippen LogP) is 0.387. The molecular weight excluding hydrogens is 250 g/mol. The molecule has 2 rings (SSSR count). The number of aromatic carboxylic acids is 1. The van der Waals surface area contributed by atoms with Gasteiger partial charge >= 0.3 is 5.97 Å². The lowest BCUT2D eigenvalue weighted by Gasteiger charge is -2.04. The van der Waals surface area contributed by atoms with E-state index in [1.807, 2.05) is 13.1 Å². The number of aromatic nitrogens is 5. The van der Waals surface area contributed by atoms with E-state index < -0.39 is 5.97 Å². The van der Waals surface area contributed by atoms with Crippen molar-refractivity contribution in [3.8, 4) is 0 Å². The van der Waals surface area contributed by atoms with E-state index in [0.29, 0.717) is 12.2 Å². The Balaban J connectivity index is 2.26. The number of rotatable bonds is 6. The zero-order valence-corrected chi connectivity index (χ0v) is 10.8. The molecule has 0 saturated heterocycles. The normalized spacial score (nSPS) is 10.8. The Kier molecular flexibility index (Phi) is 3.91. The van der Waals surface area contributed by atoms with Gasteiger partial charge in [0.1, 0.15) is 0 Å². The predicted molar refractivity (Wildman–Crippen MR) is 64.7 cm³/mol. The number of hydrogen-bond donors (Lipinski definition) is 1. The number of nitrogens with zero attached hydrogens (tertiary/aromatic N) is 5. The standard InChI is InChI=1S/C11H15N5O3/c1-3-15-5-8(4-12-15)6-16-9(7-19-2)10(11(17)18)13-14-16/h4-5H,3,6-7H2,1-2H3,(H,17,18). The molecule has 102 valence electrons. The largest absolute Gasteiger partial charge is 0.476 e. The highest BCUT2D eigenvalue weighted by Gasteiger charge is 2.19. The van der Waals surface area contributed by atoms with Gasteiger partial charge in [-0.15, -0.1) is 5.10 Å². The van der Waals surface area contributed by atoms with E-state index >= 15 is 0 Å². The number of ether oxygens (including phenoxy) is 1. The molecule has 8 nitrogen and oxygen atoms in total. The first-order valence-corrected chi connectivity index (χ1v) is 5.81. The molecule has 0 aliphatic heterocycles. The number of aryl methyl sites for hydroxylation is 1. The molecule has 0 saturated carbocycles. The number of carbonyl (C=O) groups is 1. The van der Waals surface area contributed by atoms with Crippen LogP contribution in [0.25, 0.3) is 0 Å². The lowest BCUT2D eigenvalue weighted by Crippen LogP contribution is -2.10. The van der Waals surface area contributed by atoms with E-state index in [-0.39, 0.29) is 12.3 Å². The summed E-state index contributed by atoms with van der Waals surface area (Å²) in [7, 11) is 1.50. The third-order valence-corrected chi connectivity index (χ3v) is 2.66. The van der Waals surface area contributed by atoms with E-state index in [9.17, 15) is 4.79 Å². The van der Waals surface area contributed by atoms with Crippen LogP contribution < -0.4 is 0 Å². The van der Waals surface area contributed by atoms with Crippen LogP contribution in [0.1, 0.15) is 28.7 Å². The van der Waals surface area contributed by atoms with Crippen molar-refractivity contribution >= 4 is 5.97 Å². The van der Waals surface area contributed by atoms with Crippen LogP contribution in [-0.2, 0) is 24.4 Å². The van der Waals surface area contributed by atoms with Gasteiger partial charge in [-0.2, -0.15) is 5.10 Å². The van der Waals surface area contributed by atoms with Crippen LogP contribution in [0.5, 0.6) is 0 Å². The van der Waals surface area contributed by atoms with Gasteiger partial charge in [-0.3, -0.25) is 4.68 Å². The molecule has 2 heterocycles. The first kappa shape index (κ1) is 13.2. The van der Waals surface area contributed by atoms with Crippen molar-refractivity contribution in [3.05, 3.63) is 29.3 Å². The molecule has 0 aromatic carbocycles. The van der Waals surface area contributed by atoms with E-state index in [2.05, 4.69) is 15.4 Å². The van der Waals surface area contributed by atoms with E-state index in [1.165, 1.54) is 11.8 Å². The summed E-state index contributed by atoms with van der Waals surface area (Å²) in [6.45, 7) is 3.34. The highest BCUT2D eigenvalue weighted by atomic mass is 16.5. The number of carboxylic acids is 1. The number of carboxylic acid groups (broad SMARTS) is 1. The molecule has 2 aromatic heterocycles. The molecule has 0 amide bonds. The van der Waals surface area contributed by atoms with Crippen LogP contribution in [0.15, 0.2) is 12.4 Å². The summed E-state index contributed by atoms with van der Waals surface area (Å²) in [6, 6.07) is 0. The Bertz CT molecular complexity index is 575. The monoisotopic (exact) mass is 265 g/mol. The van der Waals surface area contributed by atoms with Crippen LogP contribution in [0, 0.1) is 0 Å². The van der Waals surface area contributed by atoms with Crippen LogP contribution in [0.3, 0.4) is 0 Å². The summed E-state index contributed by atoms with van der Waals surface area (Å²) < 4.78 is 8.31. The molecule has 0 unspecified atom stereocenters. The highest BCUT2D eigenvalue weighted by Crippen LogP contribution is 2.10. The third-order valence-electron chi connectivity index (χ3n) is 2.66. The zero-order valence-electron chi connectivity index (χ0n) is 10.8. The van der Waals surface area contributed by atoms with Gasteiger partial charge < -0.3 is 9.84 Å².